The molecular weight excluding hydrogens is 509 g/mol. The molecule has 132 valence electrons. The predicted molar refractivity (Wildman–Crippen MR) is 65.7 cm³/mol. The number of aliphatic hydroxyl groups excluding tert-OH is 5. The van der Waals surface area contributed by atoms with Gasteiger partial charge in [-0.25, -0.2) is 0 Å². The molecule has 5 N–H and O–H groups in total. The Kier molecular flexibility index (Phi) is 10.1. The standard InChI is InChI=1S/C10H16O10S.Au/c11-2-3(12)6(14)7(15)8(16)10(19)20-5(13)1-4(21)9(17)18;/h3-4,6-8,11-12,14-16,21H,1-2H2,(H,17,18);/q;+1/p-1/t3-,4?,6-,7+,8-;/m1./s1. The fraction of sp³-hybridized carbons (Fsp3) is 0.700. The molecule has 0 fully saturated rings. The van der Waals surface area contributed by atoms with Gasteiger partial charge in [-0.05, 0) is 0 Å². The Morgan fingerprint density at radius 3 is 2.05 bits per heavy atom. The molecule has 0 saturated carbocycles. The molecule has 0 bridgehead atoms. The first-order chi connectivity index (χ1) is 10.1. The fourth-order valence-corrected chi connectivity index (χ4v) is 1.86. The van der Waals surface area contributed by atoms with Crippen LogP contribution in [0.2, 0.25) is 0 Å². The van der Waals surface area contributed by atoms with Crippen LogP contribution in [0.1, 0.15) is 6.42 Å². The summed E-state index contributed by atoms with van der Waals surface area (Å²) >= 11 is 5.18. The summed E-state index contributed by atoms with van der Waals surface area (Å²) in [5, 5.41) is 44.5. The molecule has 0 radical (unpaired) electrons. The first kappa shape index (κ1) is 21.5. The number of aliphatic hydroxyl groups is 5. The van der Waals surface area contributed by atoms with E-state index >= 15 is 0 Å². The topological polar surface area (TPSA) is 171 Å². The molecule has 0 amide bonds. The summed E-state index contributed by atoms with van der Waals surface area (Å²) in [4.78, 5) is 33.7. The van der Waals surface area contributed by atoms with E-state index in [9.17, 15) is 29.7 Å². The third-order valence-corrected chi connectivity index (χ3v) is 3.23. The third-order valence-electron chi connectivity index (χ3n) is 2.40. The molecular formula is C10H15AuO10S. The third kappa shape index (κ3) is 6.73. The normalized spacial score (nSPS) is 17.8. The van der Waals surface area contributed by atoms with Crippen LogP contribution < -0.4 is 0 Å². The second-order valence-corrected chi connectivity index (χ2v) is 5.14. The van der Waals surface area contributed by atoms with Crippen LogP contribution in [0.3, 0.4) is 0 Å². The Morgan fingerprint density at radius 2 is 1.59 bits per heavy atom. The Hall–Kier alpha value is -0.500. The van der Waals surface area contributed by atoms with Gasteiger partial charge in [-0.15, -0.1) is 0 Å². The molecule has 5 atom stereocenters. The quantitative estimate of drug-likeness (QED) is 0.0801. The van der Waals surface area contributed by atoms with Gasteiger partial charge in [0.25, 0.3) is 0 Å². The van der Waals surface area contributed by atoms with E-state index in [1.165, 1.54) is 21.5 Å². The first-order valence-corrected chi connectivity index (χ1v) is 7.10. The van der Waals surface area contributed by atoms with Gasteiger partial charge in [0.05, 0.1) is 0 Å². The van der Waals surface area contributed by atoms with E-state index in [-0.39, 0.29) is 0 Å². The van der Waals surface area contributed by atoms with Crippen molar-refractivity contribution in [2.45, 2.75) is 36.1 Å². The van der Waals surface area contributed by atoms with Gasteiger partial charge in [0.2, 0.25) is 0 Å². The zero-order chi connectivity index (χ0) is 17.4. The van der Waals surface area contributed by atoms with Gasteiger partial charge >= 0.3 is 137 Å². The van der Waals surface area contributed by atoms with E-state index in [0.29, 0.717) is 0 Å². The zero-order valence-corrected chi connectivity index (χ0v) is 13.9. The van der Waals surface area contributed by atoms with Crippen LogP contribution in [-0.2, 0) is 43.8 Å². The Balaban J connectivity index is 4.52. The molecule has 22 heavy (non-hydrogen) atoms. The summed E-state index contributed by atoms with van der Waals surface area (Å²) in [6, 6.07) is 0. The number of carbonyl (C=O) groups excluding carboxylic acids is 3. The van der Waals surface area contributed by atoms with Crippen LogP contribution in [0, 0.1) is 0 Å². The number of hydrogen-bond acceptors (Lipinski definition) is 11. The van der Waals surface area contributed by atoms with Gasteiger partial charge in [0.15, 0.2) is 0 Å². The van der Waals surface area contributed by atoms with Crippen LogP contribution in [0.4, 0.5) is 0 Å². The number of carbonyl (C=O) groups is 3. The minimum Gasteiger partial charge on any atom is -0.394 e. The van der Waals surface area contributed by atoms with Crippen molar-refractivity contribution < 1.29 is 69.4 Å². The van der Waals surface area contributed by atoms with Crippen LogP contribution in [0.5, 0.6) is 0 Å². The van der Waals surface area contributed by atoms with Crippen molar-refractivity contribution in [2.75, 3.05) is 6.61 Å². The van der Waals surface area contributed by atoms with Crippen LogP contribution in [-0.4, -0.2) is 79.7 Å². The smallest absolute Gasteiger partial charge is 0.394 e. The predicted octanol–water partition coefficient (Wildman–Crippen LogP) is -3.81. The zero-order valence-electron chi connectivity index (χ0n) is 10.8. The van der Waals surface area contributed by atoms with Crippen LogP contribution >= 0.6 is 12.6 Å². The van der Waals surface area contributed by atoms with Crippen molar-refractivity contribution in [2.24, 2.45) is 0 Å². The molecule has 0 heterocycles. The Bertz CT molecular complexity index is 405. The second kappa shape index (κ2) is 10.3. The van der Waals surface area contributed by atoms with Crippen molar-refractivity contribution in [1.29, 1.82) is 0 Å². The summed E-state index contributed by atoms with van der Waals surface area (Å²) < 4.78 is 8.39. The molecule has 0 saturated heterocycles. The summed E-state index contributed by atoms with van der Waals surface area (Å²) in [7, 11) is 0. The monoisotopic (exact) mass is 524 g/mol. The molecule has 0 aliphatic rings. The molecule has 0 aliphatic heterocycles. The summed E-state index contributed by atoms with van der Waals surface area (Å²) in [6.45, 7) is -0.932. The van der Waals surface area contributed by atoms with Gasteiger partial charge in [-0.1, -0.05) is 0 Å². The molecule has 0 rings (SSSR count). The first-order valence-electron chi connectivity index (χ1n) is 5.70. The Morgan fingerprint density at radius 1 is 1.05 bits per heavy atom. The molecule has 12 heteroatoms. The minimum atomic E-state index is -2.35. The molecule has 0 aromatic carbocycles. The van der Waals surface area contributed by atoms with Crippen LogP contribution in [0.15, 0.2) is 0 Å². The van der Waals surface area contributed by atoms with E-state index in [2.05, 4.69) is 20.6 Å². The minimum absolute atomic E-state index is 0.642. The summed E-state index contributed by atoms with van der Waals surface area (Å²) in [5.41, 5.74) is 0. The number of ether oxygens (including phenoxy) is 1. The molecule has 1 unspecified atom stereocenters. The van der Waals surface area contributed by atoms with Crippen molar-refractivity contribution in [3.8, 4) is 0 Å². The van der Waals surface area contributed by atoms with Gasteiger partial charge < -0.3 is 5.11 Å². The average Bonchev–Trinajstić information content (AvgIpc) is 2.50. The van der Waals surface area contributed by atoms with E-state index in [1.54, 1.807) is 0 Å². The average molecular weight is 524 g/mol. The van der Waals surface area contributed by atoms with Crippen molar-refractivity contribution >= 4 is 30.5 Å². The maximum atomic E-state index is 11.4. The second-order valence-electron chi connectivity index (χ2n) is 4.07. The van der Waals surface area contributed by atoms with Crippen LogP contribution in [0.25, 0.3) is 0 Å². The van der Waals surface area contributed by atoms with Gasteiger partial charge in [-0.2, -0.15) is 0 Å². The number of rotatable bonds is 8. The van der Waals surface area contributed by atoms with E-state index in [0.717, 1.165) is 0 Å². The van der Waals surface area contributed by atoms with Gasteiger partial charge in [-0.3, -0.25) is 0 Å². The van der Waals surface area contributed by atoms with Crippen molar-refractivity contribution in [3.05, 3.63) is 0 Å². The van der Waals surface area contributed by atoms with E-state index in [4.69, 9.17) is 10.2 Å². The molecule has 0 spiro atoms. The number of esters is 2. The molecule has 0 aromatic heterocycles. The van der Waals surface area contributed by atoms with Crippen molar-refractivity contribution in [3.63, 3.8) is 0 Å². The Labute approximate surface area is 142 Å². The maximum absolute atomic E-state index is 11.4. The molecule has 0 aliphatic carbocycles. The summed E-state index contributed by atoms with van der Waals surface area (Å²) in [5.74, 6) is -3.70. The van der Waals surface area contributed by atoms with E-state index in [1.807, 2.05) is 0 Å². The van der Waals surface area contributed by atoms with Crippen molar-refractivity contribution in [1.82, 2.24) is 0 Å². The van der Waals surface area contributed by atoms with Gasteiger partial charge in [0.1, 0.15) is 0 Å². The van der Waals surface area contributed by atoms with Gasteiger partial charge in [0, 0.05) is 0 Å². The number of thiol groups is 1. The van der Waals surface area contributed by atoms with E-state index < -0.39 is 60.6 Å². The molecule has 0 aromatic rings. The SMILES string of the molecule is O=C(CC(S)C(=O)[O][Au])OC(=O)[C@H](O)[C@@H](O)[C@H](O)[C@H](O)CO. The fourth-order valence-electron chi connectivity index (χ4n) is 1.16. The molecule has 10 nitrogen and oxygen atoms in total. The number of hydrogen-bond donors (Lipinski definition) is 6. The summed E-state index contributed by atoms with van der Waals surface area (Å²) in [6.07, 6.45) is -9.06.